The number of carbonyl (C=O) groups is 1. The van der Waals surface area contributed by atoms with Crippen molar-refractivity contribution in [2.45, 2.75) is 25.8 Å². The van der Waals surface area contributed by atoms with Crippen molar-refractivity contribution in [2.75, 3.05) is 11.9 Å². The van der Waals surface area contributed by atoms with Gasteiger partial charge in [0.1, 0.15) is 23.4 Å². The Kier molecular flexibility index (Phi) is 7.57. The molecular weight excluding hydrogens is 442 g/mol. The summed E-state index contributed by atoms with van der Waals surface area (Å²) < 4.78 is 5.31. The van der Waals surface area contributed by atoms with E-state index in [0.717, 1.165) is 16.7 Å². The molecule has 7 heteroatoms. The number of nitrogens with zero attached hydrogens (tertiary/aromatic N) is 2. The lowest BCUT2D eigenvalue weighted by Gasteiger charge is -2.20. The number of phenolic OH excluding ortho intramolecular Hbond substituents is 2. The van der Waals surface area contributed by atoms with Gasteiger partial charge in [0, 0.05) is 18.4 Å². The quantitative estimate of drug-likeness (QED) is 0.304. The highest BCUT2D eigenvalue weighted by atomic mass is 16.5. The fourth-order valence-corrected chi connectivity index (χ4v) is 3.70. The molecule has 0 saturated heterocycles. The molecule has 35 heavy (non-hydrogen) atoms. The highest BCUT2D eigenvalue weighted by Crippen LogP contribution is 2.24. The predicted molar refractivity (Wildman–Crippen MR) is 134 cm³/mol. The molecule has 4 aromatic rings. The summed E-state index contributed by atoms with van der Waals surface area (Å²) in [6.45, 7) is 2.03. The van der Waals surface area contributed by atoms with Crippen LogP contribution in [-0.2, 0) is 22.4 Å². The van der Waals surface area contributed by atoms with E-state index in [9.17, 15) is 15.0 Å². The lowest BCUT2D eigenvalue weighted by molar-refractivity contribution is -0.144. The molecule has 0 amide bonds. The van der Waals surface area contributed by atoms with Gasteiger partial charge >= 0.3 is 5.97 Å². The number of ether oxygens (including phenoxy) is 1. The molecule has 0 aliphatic heterocycles. The standard InChI is InChI=1S/C28H27N3O4/c1-2-35-28(34)25(17-20-8-12-22(32)13-9-20)31-27-24(16-19-6-4-3-5-7-19)30-26(18-29-27)21-10-14-23(33)15-11-21/h3-15,18,25,32-33H,2,16-17H2,1H3,(H,29,31)/t25-/m0/s1. The van der Waals surface area contributed by atoms with Crippen molar-refractivity contribution < 1.29 is 19.7 Å². The highest BCUT2D eigenvalue weighted by Gasteiger charge is 2.23. The molecule has 1 heterocycles. The Morgan fingerprint density at radius 1 is 0.914 bits per heavy atom. The molecule has 0 saturated carbocycles. The monoisotopic (exact) mass is 469 g/mol. The number of hydrogen-bond acceptors (Lipinski definition) is 7. The van der Waals surface area contributed by atoms with Gasteiger partial charge in [-0.25, -0.2) is 14.8 Å². The second-order valence-electron chi connectivity index (χ2n) is 8.08. The molecule has 3 aromatic carbocycles. The lowest BCUT2D eigenvalue weighted by Crippen LogP contribution is -2.34. The van der Waals surface area contributed by atoms with Crippen LogP contribution in [0.5, 0.6) is 11.5 Å². The fourth-order valence-electron chi connectivity index (χ4n) is 3.70. The zero-order chi connectivity index (χ0) is 24.6. The molecule has 0 spiro atoms. The van der Waals surface area contributed by atoms with E-state index in [1.807, 2.05) is 30.3 Å². The Bertz CT molecular complexity index is 1260. The number of carbonyl (C=O) groups excluding carboxylic acids is 1. The minimum Gasteiger partial charge on any atom is -0.508 e. The van der Waals surface area contributed by atoms with Crippen molar-refractivity contribution in [1.82, 2.24) is 9.97 Å². The number of aromatic nitrogens is 2. The number of aromatic hydroxyl groups is 2. The molecule has 0 aliphatic rings. The van der Waals surface area contributed by atoms with Crippen LogP contribution >= 0.6 is 0 Å². The predicted octanol–water partition coefficient (Wildman–Crippen LogP) is 4.73. The summed E-state index contributed by atoms with van der Waals surface area (Å²) in [4.78, 5) is 22.3. The van der Waals surface area contributed by atoms with E-state index < -0.39 is 12.0 Å². The molecule has 1 aromatic heterocycles. The van der Waals surface area contributed by atoms with E-state index in [2.05, 4.69) is 10.3 Å². The van der Waals surface area contributed by atoms with Gasteiger partial charge in [0.2, 0.25) is 0 Å². The normalized spacial score (nSPS) is 11.6. The Morgan fingerprint density at radius 2 is 1.57 bits per heavy atom. The maximum absolute atomic E-state index is 12.8. The van der Waals surface area contributed by atoms with Crippen molar-refractivity contribution in [3.8, 4) is 22.8 Å². The summed E-state index contributed by atoms with van der Waals surface area (Å²) in [5.41, 5.74) is 4.09. The highest BCUT2D eigenvalue weighted by molar-refractivity contribution is 5.79. The molecule has 0 fully saturated rings. The summed E-state index contributed by atoms with van der Waals surface area (Å²) in [5.74, 6) is 0.440. The first-order valence-corrected chi connectivity index (χ1v) is 11.4. The fraction of sp³-hybridized carbons (Fsp3) is 0.179. The largest absolute Gasteiger partial charge is 0.508 e. The first kappa shape index (κ1) is 23.8. The average molecular weight is 470 g/mol. The summed E-state index contributed by atoms with van der Waals surface area (Å²) >= 11 is 0. The van der Waals surface area contributed by atoms with Gasteiger partial charge in [-0.05, 0) is 54.4 Å². The van der Waals surface area contributed by atoms with Gasteiger partial charge < -0.3 is 20.3 Å². The number of nitrogens with one attached hydrogen (secondary N) is 1. The van der Waals surface area contributed by atoms with Crippen LogP contribution < -0.4 is 5.32 Å². The summed E-state index contributed by atoms with van der Waals surface area (Å²) in [6.07, 6.45) is 2.51. The minimum atomic E-state index is -0.692. The smallest absolute Gasteiger partial charge is 0.328 e. The van der Waals surface area contributed by atoms with Crippen LogP contribution in [0.1, 0.15) is 23.7 Å². The van der Waals surface area contributed by atoms with E-state index >= 15 is 0 Å². The van der Waals surface area contributed by atoms with Gasteiger partial charge in [-0.15, -0.1) is 0 Å². The van der Waals surface area contributed by atoms with Crippen LogP contribution in [0.2, 0.25) is 0 Å². The van der Waals surface area contributed by atoms with Gasteiger partial charge in [0.05, 0.1) is 24.2 Å². The van der Waals surface area contributed by atoms with Crippen molar-refractivity contribution in [3.05, 3.63) is 102 Å². The van der Waals surface area contributed by atoms with Crippen LogP contribution in [-0.4, -0.2) is 38.8 Å². The Labute approximate surface area is 204 Å². The SMILES string of the molecule is CCOC(=O)[C@H](Cc1ccc(O)cc1)Nc1ncc(-c2ccc(O)cc2)nc1Cc1ccccc1. The third kappa shape index (κ3) is 6.35. The van der Waals surface area contributed by atoms with Crippen LogP contribution in [0.4, 0.5) is 5.82 Å². The number of anilines is 1. The Balaban J connectivity index is 1.68. The molecule has 7 nitrogen and oxygen atoms in total. The molecule has 3 N–H and O–H groups in total. The second-order valence-corrected chi connectivity index (χ2v) is 8.08. The molecular formula is C28H27N3O4. The summed E-state index contributed by atoms with van der Waals surface area (Å²) in [7, 11) is 0. The lowest BCUT2D eigenvalue weighted by atomic mass is 10.0. The molecule has 4 rings (SSSR count). The minimum absolute atomic E-state index is 0.162. The van der Waals surface area contributed by atoms with Crippen molar-refractivity contribution in [3.63, 3.8) is 0 Å². The van der Waals surface area contributed by atoms with Gasteiger partial charge in [-0.2, -0.15) is 0 Å². The average Bonchev–Trinajstić information content (AvgIpc) is 2.87. The molecule has 1 atom stereocenters. The first-order valence-electron chi connectivity index (χ1n) is 11.4. The Hall–Kier alpha value is -4.39. The number of phenols is 2. The first-order chi connectivity index (χ1) is 17.0. The van der Waals surface area contributed by atoms with Crippen LogP contribution in [0.3, 0.4) is 0 Å². The third-order valence-electron chi connectivity index (χ3n) is 5.48. The van der Waals surface area contributed by atoms with E-state index in [4.69, 9.17) is 9.72 Å². The van der Waals surface area contributed by atoms with Gasteiger partial charge in [-0.1, -0.05) is 42.5 Å². The van der Waals surface area contributed by atoms with E-state index in [1.165, 1.54) is 0 Å². The number of benzene rings is 3. The van der Waals surface area contributed by atoms with Crippen molar-refractivity contribution >= 4 is 11.8 Å². The number of hydrogen-bond donors (Lipinski definition) is 3. The summed E-state index contributed by atoms with van der Waals surface area (Å²) in [6, 6.07) is 22.7. The van der Waals surface area contributed by atoms with Gasteiger partial charge in [0.25, 0.3) is 0 Å². The van der Waals surface area contributed by atoms with Crippen LogP contribution in [0.15, 0.2) is 85.1 Å². The maximum Gasteiger partial charge on any atom is 0.328 e. The van der Waals surface area contributed by atoms with Crippen LogP contribution in [0, 0.1) is 0 Å². The zero-order valence-corrected chi connectivity index (χ0v) is 19.4. The zero-order valence-electron chi connectivity index (χ0n) is 19.4. The maximum atomic E-state index is 12.8. The number of esters is 1. The van der Waals surface area contributed by atoms with Crippen LogP contribution in [0.25, 0.3) is 11.3 Å². The molecule has 178 valence electrons. The van der Waals surface area contributed by atoms with Crippen molar-refractivity contribution in [1.29, 1.82) is 0 Å². The van der Waals surface area contributed by atoms with Crippen molar-refractivity contribution in [2.24, 2.45) is 0 Å². The topological polar surface area (TPSA) is 105 Å². The Morgan fingerprint density at radius 3 is 2.23 bits per heavy atom. The second kappa shape index (κ2) is 11.2. The van der Waals surface area contributed by atoms with E-state index in [0.29, 0.717) is 30.0 Å². The van der Waals surface area contributed by atoms with E-state index in [-0.39, 0.29) is 18.1 Å². The molecule has 0 unspecified atom stereocenters. The molecule has 0 radical (unpaired) electrons. The van der Waals surface area contributed by atoms with Gasteiger partial charge in [-0.3, -0.25) is 0 Å². The summed E-state index contributed by atoms with van der Waals surface area (Å²) in [5, 5.41) is 22.5. The van der Waals surface area contributed by atoms with Gasteiger partial charge in [0.15, 0.2) is 0 Å². The number of rotatable bonds is 9. The molecule has 0 aliphatic carbocycles. The molecule has 0 bridgehead atoms. The third-order valence-corrected chi connectivity index (χ3v) is 5.48. The van der Waals surface area contributed by atoms with E-state index in [1.54, 1.807) is 61.7 Å².